The summed E-state index contributed by atoms with van der Waals surface area (Å²) >= 11 is 0. The molecule has 1 amide bonds. The Hall–Kier alpha value is -2.76. The highest BCUT2D eigenvalue weighted by Crippen LogP contribution is 2.13. The Morgan fingerprint density at radius 3 is 2.89 bits per heavy atom. The van der Waals surface area contributed by atoms with Crippen LogP contribution >= 0.6 is 0 Å². The zero-order chi connectivity index (χ0) is 12.4. The number of imidazole rings is 1. The fraction of sp³-hybridized carbons (Fsp3) is 0. The normalized spacial score (nSPS) is 10.4. The van der Waals surface area contributed by atoms with Crippen molar-refractivity contribution in [3.05, 3.63) is 48.8 Å². The van der Waals surface area contributed by atoms with Crippen LogP contribution in [0.4, 0.5) is 5.69 Å². The predicted octanol–water partition coefficient (Wildman–Crippen LogP) is 1.61. The molecule has 6 nitrogen and oxygen atoms in total. The third-order valence-corrected chi connectivity index (χ3v) is 2.50. The quantitative estimate of drug-likeness (QED) is 0.711. The van der Waals surface area contributed by atoms with Crippen LogP contribution in [0.1, 0.15) is 10.4 Å². The molecule has 0 saturated carbocycles. The molecule has 2 aromatic heterocycles. The van der Waals surface area contributed by atoms with E-state index >= 15 is 0 Å². The van der Waals surface area contributed by atoms with Crippen LogP contribution in [-0.4, -0.2) is 25.8 Å². The lowest BCUT2D eigenvalue weighted by atomic mass is 10.2. The van der Waals surface area contributed by atoms with E-state index in [9.17, 15) is 4.79 Å². The number of fused-ring (bicyclic) bond motifs is 1. The summed E-state index contributed by atoms with van der Waals surface area (Å²) in [6, 6.07) is 5.27. The molecule has 0 spiro atoms. The van der Waals surface area contributed by atoms with Crippen molar-refractivity contribution in [2.24, 2.45) is 0 Å². The van der Waals surface area contributed by atoms with Crippen LogP contribution in [0.2, 0.25) is 0 Å². The summed E-state index contributed by atoms with van der Waals surface area (Å²) in [6.45, 7) is 0. The smallest absolute Gasteiger partial charge is 0.255 e. The Kier molecular flexibility index (Phi) is 2.45. The minimum Gasteiger partial charge on any atom is -0.345 e. The van der Waals surface area contributed by atoms with Gasteiger partial charge in [0.05, 0.1) is 35.4 Å². The molecule has 2 N–H and O–H groups in total. The number of nitrogens with zero attached hydrogens (tertiary/aromatic N) is 3. The molecule has 2 heterocycles. The third kappa shape index (κ3) is 1.91. The van der Waals surface area contributed by atoms with E-state index in [0.29, 0.717) is 11.3 Å². The zero-order valence-electron chi connectivity index (χ0n) is 9.29. The van der Waals surface area contributed by atoms with Gasteiger partial charge >= 0.3 is 0 Å². The average Bonchev–Trinajstić information content (AvgIpc) is 2.87. The van der Waals surface area contributed by atoms with Gasteiger partial charge in [0.15, 0.2) is 0 Å². The van der Waals surface area contributed by atoms with Gasteiger partial charge in [-0.1, -0.05) is 0 Å². The van der Waals surface area contributed by atoms with E-state index in [-0.39, 0.29) is 5.91 Å². The topological polar surface area (TPSA) is 83.6 Å². The first-order valence-electron chi connectivity index (χ1n) is 5.32. The summed E-state index contributed by atoms with van der Waals surface area (Å²) in [4.78, 5) is 26.7. The van der Waals surface area contributed by atoms with E-state index in [4.69, 9.17) is 0 Å². The lowest BCUT2D eigenvalue weighted by Crippen LogP contribution is -2.12. The summed E-state index contributed by atoms with van der Waals surface area (Å²) in [5.74, 6) is -0.207. The first-order chi connectivity index (χ1) is 8.83. The fourth-order valence-electron chi connectivity index (χ4n) is 1.64. The van der Waals surface area contributed by atoms with Crippen molar-refractivity contribution in [3.8, 4) is 0 Å². The lowest BCUT2D eigenvalue weighted by Gasteiger charge is -2.03. The van der Waals surface area contributed by atoms with E-state index < -0.39 is 0 Å². The molecule has 0 atom stereocenters. The van der Waals surface area contributed by atoms with Crippen molar-refractivity contribution in [3.63, 3.8) is 0 Å². The molecular formula is C12H9N5O. The number of amides is 1. The molecule has 0 unspecified atom stereocenters. The lowest BCUT2D eigenvalue weighted by molar-refractivity contribution is 0.102. The summed E-state index contributed by atoms with van der Waals surface area (Å²) < 4.78 is 0. The number of carbonyl (C=O) groups excluding carboxylic acids is 1. The predicted molar refractivity (Wildman–Crippen MR) is 66.1 cm³/mol. The zero-order valence-corrected chi connectivity index (χ0v) is 9.29. The Labute approximate surface area is 102 Å². The summed E-state index contributed by atoms with van der Waals surface area (Å²) in [5, 5.41) is 2.72. The van der Waals surface area contributed by atoms with Gasteiger partial charge in [-0.25, -0.2) is 15.0 Å². The number of hydrogen-bond donors (Lipinski definition) is 2. The molecule has 1 aromatic carbocycles. The van der Waals surface area contributed by atoms with E-state index in [2.05, 4.69) is 25.3 Å². The number of nitrogens with one attached hydrogen (secondary N) is 2. The number of aromatic amines is 1. The van der Waals surface area contributed by atoms with Crippen LogP contribution in [0, 0.1) is 0 Å². The standard InChI is InChI=1S/C12H9N5O/c18-12(17-9-4-13-6-14-5-9)8-1-2-10-11(3-8)16-7-15-10/h1-7H,(H,15,16)(H,17,18). The molecule has 88 valence electrons. The molecule has 3 rings (SSSR count). The van der Waals surface area contributed by atoms with Gasteiger partial charge in [-0.15, -0.1) is 0 Å². The molecule has 0 aliphatic heterocycles. The van der Waals surface area contributed by atoms with Crippen molar-refractivity contribution < 1.29 is 4.79 Å². The van der Waals surface area contributed by atoms with Crippen LogP contribution in [-0.2, 0) is 0 Å². The maximum absolute atomic E-state index is 12.0. The van der Waals surface area contributed by atoms with Crippen LogP contribution in [0.3, 0.4) is 0 Å². The second-order valence-corrected chi connectivity index (χ2v) is 3.72. The highest BCUT2D eigenvalue weighted by Gasteiger charge is 2.07. The van der Waals surface area contributed by atoms with Gasteiger partial charge < -0.3 is 10.3 Å². The van der Waals surface area contributed by atoms with Gasteiger partial charge in [-0.3, -0.25) is 4.79 Å². The molecule has 0 aliphatic rings. The third-order valence-electron chi connectivity index (χ3n) is 2.50. The fourth-order valence-corrected chi connectivity index (χ4v) is 1.64. The summed E-state index contributed by atoms with van der Waals surface area (Å²) in [7, 11) is 0. The molecule has 18 heavy (non-hydrogen) atoms. The van der Waals surface area contributed by atoms with Crippen molar-refractivity contribution in [1.29, 1.82) is 0 Å². The van der Waals surface area contributed by atoms with Crippen LogP contribution in [0.5, 0.6) is 0 Å². The average molecular weight is 239 g/mol. The van der Waals surface area contributed by atoms with Gasteiger partial charge in [-0.2, -0.15) is 0 Å². The van der Waals surface area contributed by atoms with Crippen molar-refractivity contribution in [2.45, 2.75) is 0 Å². The largest absolute Gasteiger partial charge is 0.345 e. The van der Waals surface area contributed by atoms with Crippen molar-refractivity contribution in [1.82, 2.24) is 19.9 Å². The summed E-state index contributed by atoms with van der Waals surface area (Å²) in [6.07, 6.45) is 6.09. The second kappa shape index (κ2) is 4.25. The maximum atomic E-state index is 12.0. The molecular weight excluding hydrogens is 230 g/mol. The van der Waals surface area contributed by atoms with Crippen LogP contribution in [0.25, 0.3) is 11.0 Å². The minimum atomic E-state index is -0.207. The SMILES string of the molecule is O=C(Nc1cncnc1)c1ccc2nc[nH]c2c1. The Bertz CT molecular complexity index is 692. The van der Waals surface area contributed by atoms with E-state index in [0.717, 1.165) is 11.0 Å². The number of rotatable bonds is 2. The van der Waals surface area contributed by atoms with Gasteiger partial charge in [0.2, 0.25) is 0 Å². The molecule has 0 fully saturated rings. The first kappa shape index (κ1) is 10.4. The van der Waals surface area contributed by atoms with E-state index in [1.807, 2.05) is 0 Å². The van der Waals surface area contributed by atoms with Crippen LogP contribution in [0.15, 0.2) is 43.2 Å². The van der Waals surface area contributed by atoms with E-state index in [1.54, 1.807) is 36.9 Å². The second-order valence-electron chi connectivity index (χ2n) is 3.72. The van der Waals surface area contributed by atoms with E-state index in [1.165, 1.54) is 6.33 Å². The van der Waals surface area contributed by atoms with Gasteiger partial charge in [0, 0.05) is 5.56 Å². The number of anilines is 1. The monoisotopic (exact) mass is 239 g/mol. The highest BCUT2D eigenvalue weighted by atomic mass is 16.1. The van der Waals surface area contributed by atoms with Crippen molar-refractivity contribution in [2.75, 3.05) is 5.32 Å². The van der Waals surface area contributed by atoms with Crippen molar-refractivity contribution >= 4 is 22.6 Å². The molecule has 6 heteroatoms. The van der Waals surface area contributed by atoms with Crippen LogP contribution < -0.4 is 5.32 Å². The molecule has 0 radical (unpaired) electrons. The molecule has 0 aliphatic carbocycles. The summed E-state index contributed by atoms with van der Waals surface area (Å²) in [5.41, 5.74) is 2.77. The molecule has 0 bridgehead atoms. The Morgan fingerprint density at radius 2 is 2.06 bits per heavy atom. The number of benzene rings is 1. The number of hydrogen-bond acceptors (Lipinski definition) is 4. The number of carbonyl (C=O) groups is 1. The number of H-pyrrole nitrogens is 1. The minimum absolute atomic E-state index is 0.207. The molecule has 3 aromatic rings. The Balaban J connectivity index is 1.87. The highest BCUT2D eigenvalue weighted by molar-refractivity contribution is 6.05. The maximum Gasteiger partial charge on any atom is 0.255 e. The van der Waals surface area contributed by atoms with Gasteiger partial charge in [0.25, 0.3) is 5.91 Å². The Morgan fingerprint density at radius 1 is 1.22 bits per heavy atom. The molecule has 0 saturated heterocycles. The van der Waals surface area contributed by atoms with Gasteiger partial charge in [-0.05, 0) is 18.2 Å². The van der Waals surface area contributed by atoms with Gasteiger partial charge in [0.1, 0.15) is 6.33 Å². The number of aromatic nitrogens is 4. The first-order valence-corrected chi connectivity index (χ1v) is 5.32.